The third-order valence-electron chi connectivity index (χ3n) is 3.47. The minimum absolute atomic E-state index is 0. The van der Waals surface area contributed by atoms with Crippen molar-refractivity contribution in [2.45, 2.75) is 19.4 Å². The van der Waals surface area contributed by atoms with E-state index in [0.29, 0.717) is 17.4 Å². The van der Waals surface area contributed by atoms with Gasteiger partial charge in [0.1, 0.15) is 12.6 Å². The van der Waals surface area contributed by atoms with Crippen LogP contribution in [0.2, 0.25) is 0 Å². The molecule has 136 valence electrons. The van der Waals surface area contributed by atoms with E-state index in [2.05, 4.69) is 5.32 Å². The number of hydrogen-bond acceptors (Lipinski definition) is 4. The van der Waals surface area contributed by atoms with Crippen molar-refractivity contribution in [3.63, 3.8) is 0 Å². The number of carbonyl (C=O) groups is 2. The monoisotopic (exact) mass is 402 g/mol. The first-order valence-corrected chi connectivity index (χ1v) is 7.80. The molecule has 1 atom stereocenters. The average Bonchev–Trinajstić information content (AvgIpc) is 2.47. The Labute approximate surface area is 154 Å². The van der Waals surface area contributed by atoms with Crippen LogP contribution < -0.4 is 22.3 Å². The minimum Gasteiger partial charge on any atom is -1.00 e. The summed E-state index contributed by atoms with van der Waals surface area (Å²) in [6.45, 7) is 2.67. The Kier molecular flexibility index (Phi) is 10.5. The number of aliphatic hydroxyl groups is 1. The van der Waals surface area contributed by atoms with Gasteiger partial charge in [-0.15, -0.1) is 0 Å². The Morgan fingerprint density at radius 1 is 1.25 bits per heavy atom. The van der Waals surface area contributed by atoms with Gasteiger partial charge in [-0.2, -0.15) is 0 Å². The number of hydrogen-bond donors (Lipinski definition) is 2. The molecule has 0 aromatic heterocycles. The molecule has 24 heavy (non-hydrogen) atoms. The molecule has 0 saturated carbocycles. The Balaban J connectivity index is 0.00000529. The van der Waals surface area contributed by atoms with Crippen LogP contribution in [0.25, 0.3) is 0 Å². The molecule has 2 N–H and O–H groups in total. The molecule has 6 nitrogen and oxygen atoms in total. The fraction of sp³-hybridized carbons (Fsp3) is 0.529. The highest BCUT2D eigenvalue weighted by molar-refractivity contribution is 5.85. The topological polar surface area (TPSA) is 75.6 Å². The molecule has 1 rings (SSSR count). The van der Waals surface area contributed by atoms with Crippen molar-refractivity contribution in [3.05, 3.63) is 35.9 Å². The maximum absolute atomic E-state index is 12.2. The van der Waals surface area contributed by atoms with E-state index in [4.69, 9.17) is 9.84 Å². The lowest BCUT2D eigenvalue weighted by Gasteiger charge is -2.28. The third-order valence-corrected chi connectivity index (χ3v) is 3.47. The molecule has 0 unspecified atom stereocenters. The SMILES string of the molecule is CCOC(=O)[C@H](Cc1ccccc1)NC(=O)C[N+](C)(C)CCO.[Br-]. The van der Waals surface area contributed by atoms with Gasteiger partial charge < -0.3 is 36.6 Å². The molecule has 7 heteroatoms. The van der Waals surface area contributed by atoms with Gasteiger partial charge in [-0.3, -0.25) is 4.79 Å². The van der Waals surface area contributed by atoms with E-state index in [1.54, 1.807) is 6.92 Å². The van der Waals surface area contributed by atoms with Gasteiger partial charge in [0.05, 0.1) is 27.3 Å². The number of rotatable bonds is 9. The summed E-state index contributed by atoms with van der Waals surface area (Å²) < 4.78 is 5.41. The number of likely N-dealkylation sites (N-methyl/N-ethyl adjacent to an activating group) is 1. The number of halogens is 1. The summed E-state index contributed by atoms with van der Waals surface area (Å²) in [6.07, 6.45) is 0.388. The van der Waals surface area contributed by atoms with Gasteiger partial charge in [0.25, 0.3) is 5.91 Å². The first-order chi connectivity index (χ1) is 10.9. The first kappa shape index (κ1) is 22.6. The van der Waals surface area contributed by atoms with Gasteiger partial charge in [0.2, 0.25) is 0 Å². The van der Waals surface area contributed by atoms with E-state index in [0.717, 1.165) is 5.56 Å². The predicted octanol–water partition coefficient (Wildman–Crippen LogP) is -2.65. The third kappa shape index (κ3) is 8.42. The molecule has 1 amide bonds. The van der Waals surface area contributed by atoms with Crippen molar-refractivity contribution in [1.29, 1.82) is 0 Å². The van der Waals surface area contributed by atoms with Crippen LogP contribution in [-0.4, -0.2) is 67.9 Å². The van der Waals surface area contributed by atoms with Crippen LogP contribution in [0.15, 0.2) is 30.3 Å². The van der Waals surface area contributed by atoms with E-state index < -0.39 is 12.0 Å². The number of nitrogens with one attached hydrogen (secondary N) is 1. The van der Waals surface area contributed by atoms with Crippen molar-refractivity contribution in [1.82, 2.24) is 5.32 Å². The zero-order chi connectivity index (χ0) is 17.3. The highest BCUT2D eigenvalue weighted by atomic mass is 79.9. The van der Waals surface area contributed by atoms with Gasteiger partial charge in [0, 0.05) is 6.42 Å². The van der Waals surface area contributed by atoms with Gasteiger partial charge in [-0.05, 0) is 12.5 Å². The molecule has 0 aliphatic rings. The first-order valence-electron chi connectivity index (χ1n) is 7.80. The summed E-state index contributed by atoms with van der Waals surface area (Å²) in [5, 5.41) is 11.8. The summed E-state index contributed by atoms with van der Waals surface area (Å²) in [6, 6.07) is 8.78. The summed E-state index contributed by atoms with van der Waals surface area (Å²) in [5.41, 5.74) is 0.954. The summed E-state index contributed by atoms with van der Waals surface area (Å²) in [4.78, 5) is 24.3. The lowest BCUT2D eigenvalue weighted by molar-refractivity contribution is -0.882. The van der Waals surface area contributed by atoms with Crippen LogP contribution in [0.4, 0.5) is 0 Å². The molecule has 0 bridgehead atoms. The summed E-state index contributed by atoms with van der Waals surface area (Å²) in [5.74, 6) is -0.672. The molecular weight excluding hydrogens is 376 g/mol. The number of esters is 1. The van der Waals surface area contributed by atoms with Crippen molar-refractivity contribution in [3.8, 4) is 0 Å². The van der Waals surface area contributed by atoms with Crippen molar-refractivity contribution in [2.24, 2.45) is 0 Å². The molecule has 0 aliphatic carbocycles. The highest BCUT2D eigenvalue weighted by Gasteiger charge is 2.26. The molecule has 0 fully saturated rings. The average molecular weight is 403 g/mol. The predicted molar refractivity (Wildman–Crippen MR) is 87.6 cm³/mol. The molecule has 0 aliphatic heterocycles. The molecule has 0 heterocycles. The Morgan fingerprint density at radius 3 is 2.42 bits per heavy atom. The molecule has 1 aromatic carbocycles. The molecule has 1 aromatic rings. The van der Waals surface area contributed by atoms with Gasteiger partial charge in [0.15, 0.2) is 6.54 Å². The number of carbonyl (C=O) groups excluding carboxylic acids is 2. The zero-order valence-corrected chi connectivity index (χ0v) is 16.1. The fourth-order valence-corrected chi connectivity index (χ4v) is 2.26. The van der Waals surface area contributed by atoms with Crippen LogP contribution in [-0.2, 0) is 20.7 Å². The second-order valence-electron chi connectivity index (χ2n) is 6.10. The number of benzene rings is 1. The maximum Gasteiger partial charge on any atom is 0.328 e. The zero-order valence-electron chi connectivity index (χ0n) is 14.5. The minimum atomic E-state index is -0.709. The van der Waals surface area contributed by atoms with E-state index in [-0.39, 0.29) is 42.6 Å². The van der Waals surface area contributed by atoms with E-state index >= 15 is 0 Å². The van der Waals surface area contributed by atoms with Crippen LogP contribution in [0, 0.1) is 0 Å². The normalized spacial score (nSPS) is 12.0. The summed E-state index contributed by atoms with van der Waals surface area (Å²) >= 11 is 0. The lowest BCUT2D eigenvalue weighted by atomic mass is 10.1. The summed E-state index contributed by atoms with van der Waals surface area (Å²) in [7, 11) is 3.71. The highest BCUT2D eigenvalue weighted by Crippen LogP contribution is 2.05. The van der Waals surface area contributed by atoms with Crippen LogP contribution in [0.5, 0.6) is 0 Å². The molecule has 0 spiro atoms. The largest absolute Gasteiger partial charge is 1.00 e. The van der Waals surface area contributed by atoms with Crippen LogP contribution in [0.1, 0.15) is 12.5 Å². The van der Waals surface area contributed by atoms with E-state index in [9.17, 15) is 9.59 Å². The van der Waals surface area contributed by atoms with Crippen molar-refractivity contribution < 1.29 is 40.9 Å². The molecular formula is C17H27BrN2O4. The quantitative estimate of drug-likeness (QED) is 0.349. The Bertz CT molecular complexity index is 509. The fourth-order valence-electron chi connectivity index (χ4n) is 2.26. The number of nitrogens with zero attached hydrogens (tertiary/aromatic N) is 1. The Hall–Kier alpha value is -1.44. The van der Waals surface area contributed by atoms with Crippen molar-refractivity contribution in [2.75, 3.05) is 40.4 Å². The second-order valence-corrected chi connectivity index (χ2v) is 6.10. The van der Waals surface area contributed by atoms with Crippen LogP contribution in [0.3, 0.4) is 0 Å². The van der Waals surface area contributed by atoms with Gasteiger partial charge in [-0.25, -0.2) is 4.79 Å². The lowest BCUT2D eigenvalue weighted by Crippen LogP contribution is -3.00. The molecule has 0 saturated heterocycles. The van der Waals surface area contributed by atoms with Crippen molar-refractivity contribution >= 4 is 11.9 Å². The van der Waals surface area contributed by atoms with Gasteiger partial charge >= 0.3 is 5.97 Å². The maximum atomic E-state index is 12.2. The van der Waals surface area contributed by atoms with Crippen LogP contribution >= 0.6 is 0 Å². The Morgan fingerprint density at radius 2 is 1.88 bits per heavy atom. The van der Waals surface area contributed by atoms with Gasteiger partial charge in [-0.1, -0.05) is 30.3 Å². The number of ether oxygens (including phenoxy) is 1. The molecule has 0 radical (unpaired) electrons. The number of quaternary nitrogens is 1. The smallest absolute Gasteiger partial charge is 0.328 e. The number of amides is 1. The standard InChI is InChI=1S/C17H26N2O4.BrH/c1-4-23-17(22)15(12-14-8-6-5-7-9-14)18-16(21)13-19(2,3)10-11-20;/h5-9,15,20H,4,10-13H2,1-3H3;1H/t15-;/m0./s1. The second kappa shape index (κ2) is 11.2. The number of aliphatic hydroxyl groups excluding tert-OH is 1. The van der Waals surface area contributed by atoms with E-state index in [1.165, 1.54) is 0 Å². The van der Waals surface area contributed by atoms with E-state index in [1.807, 2.05) is 44.4 Å².